The summed E-state index contributed by atoms with van der Waals surface area (Å²) in [7, 11) is 2.96. The summed E-state index contributed by atoms with van der Waals surface area (Å²) in [4.78, 5) is 12.4. The van der Waals surface area contributed by atoms with Crippen LogP contribution in [0.15, 0.2) is 45.9 Å². The Balaban J connectivity index is 1.73. The molecule has 3 aromatic rings. The number of methoxy groups -OCH3 is 2. The second-order valence-electron chi connectivity index (χ2n) is 5.94. The van der Waals surface area contributed by atoms with Crippen molar-refractivity contribution >= 4 is 35.0 Å². The van der Waals surface area contributed by atoms with Gasteiger partial charge in [0.05, 0.1) is 36.0 Å². The number of carbonyl (C=O) groups is 1. The summed E-state index contributed by atoms with van der Waals surface area (Å²) >= 11 is 7.13. The first-order chi connectivity index (χ1) is 13.9. The number of hydrogen-bond acceptors (Lipinski definition) is 7. The Hall–Kier alpha value is -2.91. The van der Waals surface area contributed by atoms with E-state index in [-0.39, 0.29) is 16.7 Å². The van der Waals surface area contributed by atoms with E-state index in [0.29, 0.717) is 27.9 Å². The van der Waals surface area contributed by atoms with Crippen LogP contribution in [-0.2, 0) is 4.79 Å². The molecule has 0 aliphatic carbocycles. The molecule has 0 aliphatic rings. The zero-order chi connectivity index (χ0) is 21.0. The predicted octanol–water partition coefficient (Wildman–Crippen LogP) is 2.73. The number of thioether (sulfide) groups is 1. The summed E-state index contributed by atoms with van der Waals surface area (Å²) in [5, 5.41) is 19.0. The first-order valence-corrected chi connectivity index (χ1v) is 9.79. The molecule has 2 aromatic carbocycles. The number of anilines is 1. The molecule has 1 N–H and O–H groups in total. The quantitative estimate of drug-likeness (QED) is 0.449. The van der Waals surface area contributed by atoms with Gasteiger partial charge in [0.25, 0.3) is 5.03 Å². The zero-order valence-electron chi connectivity index (χ0n) is 15.9. The molecular formula is C19H18ClN3O5S. The lowest BCUT2D eigenvalue weighted by Gasteiger charge is -2.12. The molecule has 10 heteroatoms. The van der Waals surface area contributed by atoms with Crippen molar-refractivity contribution in [1.29, 1.82) is 0 Å². The van der Waals surface area contributed by atoms with Crippen LogP contribution in [0.3, 0.4) is 0 Å². The van der Waals surface area contributed by atoms with Gasteiger partial charge in [-0.2, -0.15) is 0 Å². The molecule has 0 spiro atoms. The van der Waals surface area contributed by atoms with E-state index in [1.807, 2.05) is 31.2 Å². The lowest BCUT2D eigenvalue weighted by atomic mass is 10.2. The number of amides is 1. The molecule has 3 rings (SSSR count). The average Bonchev–Trinajstić information content (AvgIpc) is 3.07. The van der Waals surface area contributed by atoms with Gasteiger partial charge in [0.15, 0.2) is 5.95 Å². The van der Waals surface area contributed by atoms with E-state index in [2.05, 4.69) is 10.6 Å². The van der Waals surface area contributed by atoms with Crippen LogP contribution in [-0.4, -0.2) is 31.2 Å². The number of aryl methyl sites for hydroxylation is 1. The van der Waals surface area contributed by atoms with Gasteiger partial charge >= 0.3 is 0 Å². The van der Waals surface area contributed by atoms with Gasteiger partial charge in [-0.3, -0.25) is 4.79 Å². The maximum Gasteiger partial charge on any atom is 0.298 e. The molecule has 0 aliphatic heterocycles. The Morgan fingerprint density at radius 3 is 2.59 bits per heavy atom. The lowest BCUT2D eigenvalue weighted by molar-refractivity contribution is -0.705. The molecule has 0 saturated heterocycles. The largest absolute Gasteiger partial charge is 0.538 e. The lowest BCUT2D eigenvalue weighted by Crippen LogP contribution is -2.35. The van der Waals surface area contributed by atoms with Gasteiger partial charge in [-0.05, 0) is 29.4 Å². The molecule has 0 bridgehead atoms. The molecular weight excluding hydrogens is 418 g/mol. The summed E-state index contributed by atoms with van der Waals surface area (Å²) < 4.78 is 16.5. The Labute approximate surface area is 176 Å². The van der Waals surface area contributed by atoms with E-state index < -0.39 is 5.95 Å². The van der Waals surface area contributed by atoms with Crippen molar-refractivity contribution in [3.8, 4) is 23.1 Å². The van der Waals surface area contributed by atoms with E-state index in [0.717, 1.165) is 17.3 Å². The molecule has 152 valence electrons. The molecule has 0 saturated carbocycles. The van der Waals surface area contributed by atoms with Crippen molar-refractivity contribution in [3.05, 3.63) is 47.0 Å². The third-order valence-electron chi connectivity index (χ3n) is 3.94. The molecule has 29 heavy (non-hydrogen) atoms. The molecule has 0 atom stereocenters. The van der Waals surface area contributed by atoms with Crippen LogP contribution < -0.4 is 24.6 Å². The highest BCUT2D eigenvalue weighted by molar-refractivity contribution is 7.99. The topological polar surface area (TPSA) is 101 Å². The van der Waals surface area contributed by atoms with E-state index >= 15 is 0 Å². The van der Waals surface area contributed by atoms with Crippen LogP contribution in [0.1, 0.15) is 5.56 Å². The van der Waals surface area contributed by atoms with E-state index in [9.17, 15) is 9.90 Å². The maximum absolute atomic E-state index is 12.4. The van der Waals surface area contributed by atoms with Crippen molar-refractivity contribution in [1.82, 2.24) is 5.27 Å². The number of ether oxygens (including phenoxy) is 2. The smallest absolute Gasteiger partial charge is 0.298 e. The number of rotatable bonds is 7. The Morgan fingerprint density at radius 2 is 1.93 bits per heavy atom. The summed E-state index contributed by atoms with van der Waals surface area (Å²) in [6.07, 6.45) is 0. The Kier molecular flexibility index (Phi) is 6.50. The van der Waals surface area contributed by atoms with Gasteiger partial charge in [-0.1, -0.05) is 29.3 Å². The van der Waals surface area contributed by atoms with Crippen molar-refractivity contribution < 1.29 is 28.6 Å². The fraction of sp³-hybridized carbons (Fsp3) is 0.211. The zero-order valence-corrected chi connectivity index (χ0v) is 17.5. The van der Waals surface area contributed by atoms with Gasteiger partial charge in [0.2, 0.25) is 11.6 Å². The van der Waals surface area contributed by atoms with Gasteiger partial charge in [0.1, 0.15) is 11.5 Å². The van der Waals surface area contributed by atoms with Gasteiger partial charge in [-0.25, -0.2) is 0 Å². The highest BCUT2D eigenvalue weighted by Crippen LogP contribution is 2.36. The highest BCUT2D eigenvalue weighted by atomic mass is 35.5. The molecule has 1 aromatic heterocycles. The number of aromatic nitrogens is 2. The number of nitrogens with zero attached hydrogens (tertiary/aromatic N) is 2. The van der Waals surface area contributed by atoms with Crippen molar-refractivity contribution in [2.75, 3.05) is 25.3 Å². The van der Waals surface area contributed by atoms with Crippen LogP contribution >= 0.6 is 23.4 Å². The van der Waals surface area contributed by atoms with Crippen molar-refractivity contribution in [2.24, 2.45) is 0 Å². The number of benzene rings is 2. The monoisotopic (exact) mass is 435 g/mol. The second kappa shape index (κ2) is 9.06. The number of nitrogens with one attached hydrogen (secondary N) is 1. The summed E-state index contributed by atoms with van der Waals surface area (Å²) in [5.74, 6) is -0.196. The van der Waals surface area contributed by atoms with Crippen LogP contribution in [0.2, 0.25) is 5.02 Å². The summed E-state index contributed by atoms with van der Waals surface area (Å²) in [6, 6.07) is 10.5. The minimum atomic E-state index is -0.617. The molecule has 8 nitrogen and oxygen atoms in total. The van der Waals surface area contributed by atoms with Crippen molar-refractivity contribution in [3.63, 3.8) is 0 Å². The minimum absolute atomic E-state index is 0.0465. The molecule has 1 amide bonds. The average molecular weight is 436 g/mol. The third kappa shape index (κ3) is 4.75. The van der Waals surface area contributed by atoms with Gasteiger partial charge in [0, 0.05) is 18.2 Å². The molecule has 1 heterocycles. The van der Waals surface area contributed by atoms with E-state index in [1.165, 1.54) is 25.0 Å². The second-order valence-corrected chi connectivity index (χ2v) is 7.31. The third-order valence-corrected chi connectivity index (χ3v) is 5.25. The van der Waals surface area contributed by atoms with Crippen LogP contribution in [0, 0.1) is 6.92 Å². The fourth-order valence-corrected chi connectivity index (χ4v) is 3.49. The van der Waals surface area contributed by atoms with Crippen LogP contribution in [0.4, 0.5) is 5.69 Å². The predicted molar refractivity (Wildman–Crippen MR) is 106 cm³/mol. The highest BCUT2D eigenvalue weighted by Gasteiger charge is 2.22. The standard InChI is InChI=1S/C19H18ClN3O5S/c1-11-4-6-12(7-5-11)23-18(19(25)28-22-23)29-10-17(24)21-14-8-13(20)15(26-2)9-16(14)27-3/h4-9H,10H2,1-3H3,(H-,21,22,24,25). The molecule has 0 radical (unpaired) electrons. The summed E-state index contributed by atoms with van der Waals surface area (Å²) in [6.45, 7) is 1.95. The molecule has 0 unspecified atom stereocenters. The minimum Gasteiger partial charge on any atom is -0.538 e. The van der Waals surface area contributed by atoms with Crippen molar-refractivity contribution in [2.45, 2.75) is 11.9 Å². The number of carbonyl (C=O) groups excluding carboxylic acids is 1. The van der Waals surface area contributed by atoms with Crippen LogP contribution in [0.25, 0.3) is 5.69 Å². The fourth-order valence-electron chi connectivity index (χ4n) is 2.49. The van der Waals surface area contributed by atoms with Gasteiger partial charge in [-0.15, -0.1) is 0 Å². The normalized spacial score (nSPS) is 10.6. The maximum atomic E-state index is 12.4. The van der Waals surface area contributed by atoms with E-state index in [1.54, 1.807) is 6.07 Å². The van der Waals surface area contributed by atoms with Crippen LogP contribution in [0.5, 0.6) is 17.4 Å². The first kappa shape index (κ1) is 20.8. The SMILES string of the molecule is COc1cc(OC)c(NC(=O)CSc2c([O-])on[n+]2-c2ccc(C)cc2)cc1Cl. The van der Waals surface area contributed by atoms with Gasteiger partial charge < -0.3 is 24.4 Å². The number of halogens is 1. The van der Waals surface area contributed by atoms with E-state index in [4.69, 9.17) is 25.6 Å². The molecule has 0 fully saturated rings. The first-order valence-electron chi connectivity index (χ1n) is 8.43. The summed E-state index contributed by atoms with van der Waals surface area (Å²) in [5.41, 5.74) is 2.12. The Morgan fingerprint density at radius 1 is 1.24 bits per heavy atom. The number of hydrogen-bond donors (Lipinski definition) is 1. The Bertz CT molecular complexity index is 1020.